The number of urea groups is 1. The molecule has 0 spiro atoms. The number of para-hydroxylation sites is 1. The largest absolute Gasteiger partial charge is 0.360 e. The Hall–Kier alpha value is -2.30. The number of nitrogens with one attached hydrogen (secondary N) is 2. The van der Waals surface area contributed by atoms with Crippen molar-refractivity contribution in [3.05, 3.63) is 41.2 Å². The summed E-state index contributed by atoms with van der Waals surface area (Å²) >= 11 is 0. The second-order valence-corrected chi connectivity index (χ2v) is 4.56. The number of carbonyl (C=O) groups is 1. The molecule has 1 aromatic heterocycles. The number of carbonyl (C=O) groups excluding carboxylic acids is 1. The first-order valence-corrected chi connectivity index (χ1v) is 6.76. The van der Waals surface area contributed by atoms with Crippen LogP contribution in [0.25, 0.3) is 0 Å². The molecule has 0 atom stereocenters. The van der Waals surface area contributed by atoms with Gasteiger partial charge in [0.15, 0.2) is 5.82 Å². The fourth-order valence-corrected chi connectivity index (χ4v) is 2.09. The molecule has 0 radical (unpaired) electrons. The van der Waals surface area contributed by atoms with E-state index in [2.05, 4.69) is 29.6 Å². The summed E-state index contributed by atoms with van der Waals surface area (Å²) in [6.07, 6.45) is 1.74. The van der Waals surface area contributed by atoms with Gasteiger partial charge in [0, 0.05) is 11.8 Å². The number of hydrogen-bond donors (Lipinski definition) is 2. The summed E-state index contributed by atoms with van der Waals surface area (Å²) in [4.78, 5) is 12.0. The number of amides is 2. The van der Waals surface area contributed by atoms with Crippen molar-refractivity contribution in [1.29, 1.82) is 0 Å². The van der Waals surface area contributed by atoms with Gasteiger partial charge >= 0.3 is 6.03 Å². The monoisotopic (exact) mass is 273 g/mol. The van der Waals surface area contributed by atoms with Crippen molar-refractivity contribution in [2.24, 2.45) is 0 Å². The maximum atomic E-state index is 12.0. The number of anilines is 2. The zero-order chi connectivity index (χ0) is 14.5. The highest BCUT2D eigenvalue weighted by Gasteiger charge is 2.11. The molecule has 0 fully saturated rings. The normalized spacial score (nSPS) is 10.3. The Bertz CT molecular complexity index is 583. The van der Waals surface area contributed by atoms with E-state index in [-0.39, 0.29) is 6.03 Å². The molecule has 2 rings (SSSR count). The Morgan fingerprint density at radius 2 is 1.85 bits per heavy atom. The van der Waals surface area contributed by atoms with Gasteiger partial charge in [0.25, 0.3) is 0 Å². The summed E-state index contributed by atoms with van der Waals surface area (Å²) in [7, 11) is 0. The van der Waals surface area contributed by atoms with E-state index in [0.717, 1.165) is 29.7 Å². The van der Waals surface area contributed by atoms with Crippen LogP contribution in [-0.2, 0) is 12.8 Å². The summed E-state index contributed by atoms with van der Waals surface area (Å²) in [5.41, 5.74) is 3.13. The van der Waals surface area contributed by atoms with Gasteiger partial charge in [0.1, 0.15) is 5.76 Å². The van der Waals surface area contributed by atoms with Gasteiger partial charge in [-0.25, -0.2) is 4.79 Å². The Morgan fingerprint density at radius 3 is 2.35 bits per heavy atom. The van der Waals surface area contributed by atoms with E-state index >= 15 is 0 Å². The van der Waals surface area contributed by atoms with Crippen LogP contribution in [-0.4, -0.2) is 11.2 Å². The van der Waals surface area contributed by atoms with Crippen LogP contribution < -0.4 is 10.6 Å². The molecule has 1 aromatic carbocycles. The minimum Gasteiger partial charge on any atom is -0.360 e. The number of benzene rings is 1. The van der Waals surface area contributed by atoms with Gasteiger partial charge < -0.3 is 9.84 Å². The van der Waals surface area contributed by atoms with Crippen LogP contribution in [0.4, 0.5) is 16.3 Å². The average Bonchev–Trinajstić information content (AvgIpc) is 2.84. The van der Waals surface area contributed by atoms with E-state index in [9.17, 15) is 4.79 Å². The van der Waals surface area contributed by atoms with Crippen LogP contribution in [0.1, 0.15) is 30.7 Å². The number of nitrogens with zero attached hydrogens (tertiary/aromatic N) is 1. The smallest absolute Gasteiger partial charge is 0.324 e. The van der Waals surface area contributed by atoms with Gasteiger partial charge in [-0.05, 0) is 30.9 Å². The van der Waals surface area contributed by atoms with Crippen molar-refractivity contribution in [2.75, 3.05) is 10.6 Å². The van der Waals surface area contributed by atoms with Gasteiger partial charge in [-0.15, -0.1) is 0 Å². The SMILES string of the molecule is CCc1cccc(CC)c1NC(=O)Nc1cc(C)on1. The van der Waals surface area contributed by atoms with Crippen LogP contribution in [0, 0.1) is 6.92 Å². The first-order chi connectivity index (χ1) is 9.63. The van der Waals surface area contributed by atoms with Gasteiger partial charge in [-0.3, -0.25) is 5.32 Å². The van der Waals surface area contributed by atoms with Crippen molar-refractivity contribution >= 4 is 17.5 Å². The van der Waals surface area contributed by atoms with Crippen molar-refractivity contribution in [2.45, 2.75) is 33.6 Å². The summed E-state index contributed by atoms with van der Waals surface area (Å²) in [6, 6.07) is 7.42. The Balaban J connectivity index is 2.14. The average molecular weight is 273 g/mol. The molecule has 5 nitrogen and oxygen atoms in total. The number of aryl methyl sites for hydroxylation is 3. The van der Waals surface area contributed by atoms with Gasteiger partial charge in [-0.2, -0.15) is 0 Å². The first kappa shape index (κ1) is 14.1. The van der Waals surface area contributed by atoms with Crippen molar-refractivity contribution < 1.29 is 9.32 Å². The lowest BCUT2D eigenvalue weighted by Gasteiger charge is -2.14. The number of hydrogen-bond acceptors (Lipinski definition) is 3. The molecule has 1 heterocycles. The fraction of sp³-hybridized carbons (Fsp3) is 0.333. The molecule has 0 saturated carbocycles. The van der Waals surface area contributed by atoms with Gasteiger partial charge in [-0.1, -0.05) is 37.2 Å². The highest BCUT2D eigenvalue weighted by molar-refractivity contribution is 6.00. The van der Waals surface area contributed by atoms with E-state index in [1.807, 2.05) is 18.2 Å². The zero-order valence-corrected chi connectivity index (χ0v) is 12.0. The Kier molecular flexibility index (Phi) is 4.40. The van der Waals surface area contributed by atoms with Crippen molar-refractivity contribution in [3.63, 3.8) is 0 Å². The van der Waals surface area contributed by atoms with Crippen LogP contribution in [0.2, 0.25) is 0 Å². The maximum absolute atomic E-state index is 12.0. The van der Waals surface area contributed by atoms with E-state index in [1.165, 1.54) is 0 Å². The van der Waals surface area contributed by atoms with Crippen LogP contribution in [0.3, 0.4) is 0 Å². The standard InChI is InChI=1S/C15H19N3O2/c1-4-11-7-6-8-12(5-2)14(11)17-15(19)16-13-9-10(3)20-18-13/h6-9H,4-5H2,1-3H3,(H2,16,17,18,19). The summed E-state index contributed by atoms with van der Waals surface area (Å²) in [5.74, 6) is 1.07. The van der Waals surface area contributed by atoms with Crippen LogP contribution >= 0.6 is 0 Å². The second-order valence-electron chi connectivity index (χ2n) is 4.56. The fourth-order valence-electron chi connectivity index (χ4n) is 2.09. The molecule has 0 saturated heterocycles. The molecule has 0 bridgehead atoms. The van der Waals surface area contributed by atoms with Crippen LogP contribution in [0.5, 0.6) is 0 Å². The third-order valence-electron chi connectivity index (χ3n) is 3.11. The number of aromatic nitrogens is 1. The van der Waals surface area contributed by atoms with Gasteiger partial charge in [0.2, 0.25) is 0 Å². The molecule has 0 aliphatic rings. The highest BCUT2D eigenvalue weighted by Crippen LogP contribution is 2.22. The molecule has 2 N–H and O–H groups in total. The summed E-state index contributed by atoms with van der Waals surface area (Å²) < 4.78 is 4.91. The number of rotatable bonds is 4. The molecule has 20 heavy (non-hydrogen) atoms. The minimum absolute atomic E-state index is 0.311. The Labute approximate surface area is 118 Å². The molecule has 106 valence electrons. The molecule has 0 aliphatic heterocycles. The quantitative estimate of drug-likeness (QED) is 0.891. The lowest BCUT2D eigenvalue weighted by atomic mass is 10.0. The minimum atomic E-state index is -0.311. The topological polar surface area (TPSA) is 67.2 Å². The molecular weight excluding hydrogens is 254 g/mol. The Morgan fingerprint density at radius 1 is 1.20 bits per heavy atom. The maximum Gasteiger partial charge on any atom is 0.324 e. The van der Waals surface area contributed by atoms with Crippen LogP contribution in [0.15, 0.2) is 28.8 Å². The molecule has 5 heteroatoms. The van der Waals surface area contributed by atoms with Crippen molar-refractivity contribution in [3.8, 4) is 0 Å². The zero-order valence-electron chi connectivity index (χ0n) is 12.0. The molecular formula is C15H19N3O2. The molecule has 0 aliphatic carbocycles. The third kappa shape index (κ3) is 3.17. The van der Waals surface area contributed by atoms with Gasteiger partial charge in [0.05, 0.1) is 0 Å². The predicted octanol–water partition coefficient (Wildman–Crippen LogP) is 3.75. The first-order valence-electron chi connectivity index (χ1n) is 6.76. The van der Waals surface area contributed by atoms with E-state index in [1.54, 1.807) is 13.0 Å². The summed E-state index contributed by atoms with van der Waals surface area (Å²) in [5, 5.41) is 9.30. The lowest BCUT2D eigenvalue weighted by Crippen LogP contribution is -2.21. The van der Waals surface area contributed by atoms with E-state index < -0.39 is 0 Å². The van der Waals surface area contributed by atoms with E-state index in [4.69, 9.17) is 4.52 Å². The molecule has 2 amide bonds. The third-order valence-corrected chi connectivity index (χ3v) is 3.11. The second kappa shape index (κ2) is 6.23. The summed E-state index contributed by atoms with van der Waals surface area (Å²) in [6.45, 7) is 5.91. The molecule has 2 aromatic rings. The highest BCUT2D eigenvalue weighted by atomic mass is 16.5. The van der Waals surface area contributed by atoms with E-state index in [0.29, 0.717) is 11.6 Å². The molecule has 0 unspecified atom stereocenters. The van der Waals surface area contributed by atoms with Crippen molar-refractivity contribution in [1.82, 2.24) is 5.16 Å². The lowest BCUT2D eigenvalue weighted by molar-refractivity contribution is 0.262. The predicted molar refractivity (Wildman–Crippen MR) is 79.1 cm³/mol.